The van der Waals surface area contributed by atoms with E-state index in [1.165, 1.54) is 0 Å². The van der Waals surface area contributed by atoms with Gasteiger partial charge in [-0.2, -0.15) is 0 Å². The van der Waals surface area contributed by atoms with Crippen LogP contribution in [0.25, 0.3) is 0 Å². The molecule has 0 saturated heterocycles. The molecule has 11 nitrogen and oxygen atoms in total. The quantitative estimate of drug-likeness (QED) is 0.306. The van der Waals surface area contributed by atoms with Gasteiger partial charge in [0.05, 0.1) is 0 Å². The van der Waals surface area contributed by atoms with E-state index in [-0.39, 0.29) is 118 Å². The van der Waals surface area contributed by atoms with Crippen LogP contribution >= 0.6 is 33.0 Å². The summed E-state index contributed by atoms with van der Waals surface area (Å²) in [6.07, 6.45) is 0. The van der Waals surface area contributed by atoms with Gasteiger partial charge < -0.3 is 42.9 Å². The molecule has 19 heteroatoms. The summed E-state index contributed by atoms with van der Waals surface area (Å²) in [5, 5.41) is 8.14. The monoisotopic (exact) mass is 454 g/mol. The maximum Gasteiger partial charge on any atom is 1.00 e. The van der Waals surface area contributed by atoms with Gasteiger partial charge in [0, 0.05) is 6.61 Å². The molecule has 0 aliphatic rings. The van der Waals surface area contributed by atoms with Crippen molar-refractivity contribution in [3.05, 3.63) is 0 Å². The van der Waals surface area contributed by atoms with Crippen molar-refractivity contribution in [2.45, 2.75) is 13.8 Å². The molecule has 0 aromatic rings. The average molecular weight is 454 g/mol. The Hall–Kier alpha value is 4.64. The van der Waals surface area contributed by atoms with Gasteiger partial charge in [-0.25, -0.2) is 0 Å². The van der Waals surface area contributed by atoms with Crippen LogP contribution in [0.3, 0.4) is 0 Å². The first-order chi connectivity index (χ1) is 8.52. The van der Waals surface area contributed by atoms with Crippen LogP contribution in [0.15, 0.2) is 0 Å². The van der Waals surface area contributed by atoms with E-state index in [4.69, 9.17) is 5.11 Å². The van der Waals surface area contributed by atoms with Crippen molar-refractivity contribution in [2.75, 3.05) is 6.61 Å². The number of hydrogen-bond donors (Lipinski definition) is 1. The van der Waals surface area contributed by atoms with Crippen LogP contribution in [0.1, 0.15) is 13.8 Å². The molecule has 0 bridgehead atoms. The molecule has 4 atom stereocenters. The van der Waals surface area contributed by atoms with Crippen molar-refractivity contribution < 1.29 is 170 Å². The van der Waals surface area contributed by atoms with Crippen LogP contribution in [0.4, 0.5) is 0 Å². The fourth-order valence-corrected chi connectivity index (χ4v) is 1.22. The summed E-state index contributed by atoms with van der Waals surface area (Å²) in [5.41, 5.74) is 0. The molecule has 0 aromatic carbocycles. The molecule has 0 amide bonds. The molecule has 0 radical (unpaired) electrons. The number of aliphatic hydroxyl groups excluding tert-OH is 1. The Bertz CT molecular complexity index is 268. The molecule has 0 spiro atoms. The Morgan fingerprint density at radius 2 is 0.870 bits per heavy atom. The van der Waals surface area contributed by atoms with Crippen molar-refractivity contribution in [3.8, 4) is 0 Å². The summed E-state index contributed by atoms with van der Waals surface area (Å²) >= 11 is 0. The third kappa shape index (κ3) is 75.5. The van der Waals surface area contributed by atoms with Crippen LogP contribution in [0.5, 0.6) is 0 Å². The molecule has 0 saturated carbocycles. The first kappa shape index (κ1) is 46.0. The predicted octanol–water partition coefficient (Wildman–Crippen LogP) is -14.3. The van der Waals surface area contributed by atoms with Crippen molar-refractivity contribution in [1.82, 2.24) is 0 Å². The third-order valence-electron chi connectivity index (χ3n) is 0.698. The zero-order valence-corrected chi connectivity index (χ0v) is 25.8. The fraction of sp³-hybridized carbons (Fsp3) is 1.00. The summed E-state index contributed by atoms with van der Waals surface area (Å²) in [5.74, 6) is 0.440. The van der Waals surface area contributed by atoms with Crippen molar-refractivity contribution >= 4 is 33.0 Å². The molecule has 0 aromatic heterocycles. The second-order valence-corrected chi connectivity index (χ2v) is 6.41. The van der Waals surface area contributed by atoms with Gasteiger partial charge in [0.2, 0.25) is 0 Å². The molecule has 120 valence electrons. The van der Waals surface area contributed by atoms with Gasteiger partial charge >= 0.3 is 118 Å². The van der Waals surface area contributed by atoms with Crippen molar-refractivity contribution in [1.29, 1.82) is 0 Å². The van der Waals surface area contributed by atoms with Crippen LogP contribution in [0, 0.1) is 5.92 Å². The molecule has 0 heterocycles. The van der Waals surface area contributed by atoms with Crippen LogP contribution < -0.4 is 138 Å². The van der Waals surface area contributed by atoms with E-state index in [0.717, 1.165) is 0 Å². The number of aliphatic hydroxyl groups is 1. The average Bonchev–Trinajstić information content (AvgIpc) is 2.14. The number of rotatable bonds is 5. The van der Waals surface area contributed by atoms with E-state index in [2.05, 4.69) is 8.62 Å². The minimum atomic E-state index is -3.51. The first-order valence-corrected chi connectivity index (χ1v) is 9.23. The smallest absolute Gasteiger partial charge is 0.781 e. The molecule has 4 unspecified atom stereocenters. The zero-order chi connectivity index (χ0) is 16.0. The predicted molar refractivity (Wildman–Crippen MR) is 60.1 cm³/mol. The van der Waals surface area contributed by atoms with E-state index in [9.17, 15) is 37.8 Å². The van der Waals surface area contributed by atoms with Gasteiger partial charge in [-0.15, -0.1) is 0 Å². The molecule has 0 fully saturated rings. The SMILES string of the molecule is CC(C)CO.O=[PH]([O-])O[PH](=O)[O-].O=[PH]([O-])O[PH](=O)[O-].[Na+].[Na+].[Na+].[Na+]. The Morgan fingerprint density at radius 3 is 0.870 bits per heavy atom. The van der Waals surface area contributed by atoms with Gasteiger partial charge in [-0.3, -0.25) is 8.62 Å². The minimum Gasteiger partial charge on any atom is -0.781 e. The number of hydrogen-bond acceptors (Lipinski definition) is 11. The Balaban J connectivity index is -0.0000000311. The van der Waals surface area contributed by atoms with E-state index in [1.54, 1.807) is 0 Å². The van der Waals surface area contributed by atoms with Crippen LogP contribution in [-0.4, -0.2) is 11.7 Å². The Labute approximate surface area is 225 Å². The van der Waals surface area contributed by atoms with Crippen LogP contribution in [-0.2, 0) is 26.9 Å². The molecule has 1 N–H and O–H groups in total. The molecule has 23 heavy (non-hydrogen) atoms. The first-order valence-electron chi connectivity index (χ1n) is 4.33. The Morgan fingerprint density at radius 1 is 0.739 bits per heavy atom. The topological polar surface area (TPSA) is 199 Å². The van der Waals surface area contributed by atoms with Gasteiger partial charge in [-0.05, 0) is 5.92 Å². The van der Waals surface area contributed by atoms with Crippen molar-refractivity contribution in [2.24, 2.45) is 5.92 Å². The summed E-state index contributed by atoms with van der Waals surface area (Å²) in [6, 6.07) is 0. The standard InChI is InChI=1S/C4H10O.4Na.2H4O5P2/c1-4(2)3-5;;;;;2*1-6(2)5-7(3)4/h4-5H,3H2,1-2H3;;;;;2*6-7H,(H,1,2)(H,3,4)/q;4*+1;;/p-4. The van der Waals surface area contributed by atoms with Gasteiger partial charge in [0.1, 0.15) is 33.0 Å². The van der Waals surface area contributed by atoms with Crippen LogP contribution in [0.2, 0.25) is 0 Å². The normalized spacial score (nSPS) is 13.4. The molecular formula is C4H14Na4O11P4. The van der Waals surface area contributed by atoms with Gasteiger partial charge in [-0.1, -0.05) is 13.8 Å². The zero-order valence-electron chi connectivity index (χ0n) is 13.8. The largest absolute Gasteiger partial charge is 1.00 e. The molecular weight excluding hydrogens is 440 g/mol. The van der Waals surface area contributed by atoms with E-state index in [0.29, 0.717) is 12.5 Å². The molecule has 0 aliphatic carbocycles. The van der Waals surface area contributed by atoms with Gasteiger partial charge in [0.25, 0.3) is 0 Å². The summed E-state index contributed by atoms with van der Waals surface area (Å²) < 4.78 is 43.6. The maximum absolute atomic E-state index is 9.29. The van der Waals surface area contributed by atoms with Crippen molar-refractivity contribution in [3.63, 3.8) is 0 Å². The van der Waals surface area contributed by atoms with E-state index < -0.39 is 33.0 Å². The van der Waals surface area contributed by atoms with Gasteiger partial charge in [0.15, 0.2) is 0 Å². The molecule has 0 rings (SSSR count). The summed E-state index contributed by atoms with van der Waals surface area (Å²) in [7, 11) is -14.1. The molecule has 0 aliphatic heterocycles. The van der Waals surface area contributed by atoms with E-state index >= 15 is 0 Å². The fourth-order valence-electron chi connectivity index (χ4n) is 0.136. The maximum atomic E-state index is 9.29. The van der Waals surface area contributed by atoms with E-state index in [1.807, 2.05) is 13.8 Å². The Kier molecular flexibility index (Phi) is 68.4. The second-order valence-electron chi connectivity index (χ2n) is 2.78. The minimum absolute atomic E-state index is 0. The third-order valence-corrected chi connectivity index (χ3v) is 3.37. The summed E-state index contributed by atoms with van der Waals surface area (Å²) in [4.78, 5) is 37.1. The summed E-state index contributed by atoms with van der Waals surface area (Å²) in [6.45, 7) is 4.25. The second kappa shape index (κ2) is 34.2.